The Morgan fingerprint density at radius 1 is 1.05 bits per heavy atom. The second kappa shape index (κ2) is 4.08. The predicted molar refractivity (Wildman–Crippen MR) is 71.1 cm³/mol. The number of rotatable bonds is 1. The monoisotopic (exact) mass is 277 g/mol. The predicted octanol–water partition coefficient (Wildman–Crippen LogP) is 4.37. The number of aryl methyl sites for hydroxylation is 1. The van der Waals surface area contributed by atoms with Crippen LogP contribution in [0.4, 0.5) is 13.2 Å². The van der Waals surface area contributed by atoms with Crippen molar-refractivity contribution in [2.45, 2.75) is 32.6 Å². The minimum absolute atomic E-state index is 0.187. The molecular weight excluding hydrogens is 263 g/mol. The van der Waals surface area contributed by atoms with Gasteiger partial charge >= 0.3 is 0 Å². The number of hydrogen-bond acceptors (Lipinski definition) is 1. The molecule has 0 atom stereocenters. The molecule has 0 radical (unpaired) electrons. The Hall–Kier alpha value is -1.84. The van der Waals surface area contributed by atoms with Crippen LogP contribution in [0.5, 0.6) is 0 Å². The second-order valence-electron chi connectivity index (χ2n) is 5.58. The molecule has 2 aromatic rings. The zero-order valence-corrected chi connectivity index (χ0v) is 11.5. The van der Waals surface area contributed by atoms with Gasteiger partial charge in [0.25, 0.3) is 0 Å². The van der Waals surface area contributed by atoms with Gasteiger partial charge in [-0.1, -0.05) is 20.8 Å². The van der Waals surface area contributed by atoms with E-state index in [4.69, 9.17) is 0 Å². The van der Waals surface area contributed by atoms with Crippen molar-refractivity contribution in [1.82, 2.24) is 4.98 Å². The van der Waals surface area contributed by atoms with Gasteiger partial charge in [0.15, 0.2) is 11.6 Å². The van der Waals surface area contributed by atoms with Crippen LogP contribution in [0.25, 0.3) is 11.3 Å². The summed E-state index contributed by atoms with van der Waals surface area (Å²) >= 11 is 0. The Bertz CT molecular complexity index is 720. The van der Waals surface area contributed by atoms with Crippen LogP contribution >= 0.6 is 0 Å². The van der Waals surface area contributed by atoms with E-state index < -0.39 is 17.0 Å². The van der Waals surface area contributed by atoms with E-state index in [0.717, 1.165) is 6.07 Å². The van der Waals surface area contributed by atoms with E-state index in [-0.39, 0.29) is 11.4 Å². The Kier molecular flexibility index (Phi) is 2.68. The number of halogens is 3. The molecule has 0 saturated heterocycles. The third-order valence-electron chi connectivity index (χ3n) is 4.07. The van der Waals surface area contributed by atoms with Gasteiger partial charge in [-0.2, -0.15) is 0 Å². The molecule has 3 rings (SSSR count). The SMILES string of the molecule is CCc1cnc2c(c1F)C(C)(C)c1c-2ccc(F)c1F. The molecule has 1 aliphatic carbocycles. The lowest BCUT2D eigenvalue weighted by Crippen LogP contribution is -2.20. The van der Waals surface area contributed by atoms with Gasteiger partial charge in [0.1, 0.15) is 5.82 Å². The van der Waals surface area contributed by atoms with Gasteiger partial charge in [-0.3, -0.25) is 4.98 Å². The van der Waals surface area contributed by atoms with Crippen molar-refractivity contribution in [2.75, 3.05) is 0 Å². The lowest BCUT2D eigenvalue weighted by Gasteiger charge is -2.22. The van der Waals surface area contributed by atoms with Gasteiger partial charge in [-0.25, -0.2) is 13.2 Å². The summed E-state index contributed by atoms with van der Waals surface area (Å²) in [7, 11) is 0. The van der Waals surface area contributed by atoms with Crippen molar-refractivity contribution in [2.24, 2.45) is 0 Å². The number of nitrogens with zero attached hydrogens (tertiary/aromatic N) is 1. The van der Waals surface area contributed by atoms with E-state index in [1.165, 1.54) is 12.3 Å². The quantitative estimate of drug-likeness (QED) is 0.754. The molecule has 4 heteroatoms. The molecule has 0 saturated carbocycles. The summed E-state index contributed by atoms with van der Waals surface area (Å²) in [6.07, 6.45) is 1.98. The average molecular weight is 277 g/mol. The maximum absolute atomic E-state index is 14.6. The molecule has 0 N–H and O–H groups in total. The second-order valence-corrected chi connectivity index (χ2v) is 5.58. The van der Waals surface area contributed by atoms with Crippen molar-refractivity contribution in [3.8, 4) is 11.3 Å². The van der Waals surface area contributed by atoms with Crippen molar-refractivity contribution in [1.29, 1.82) is 0 Å². The van der Waals surface area contributed by atoms with Crippen LogP contribution in [0.3, 0.4) is 0 Å². The highest BCUT2D eigenvalue weighted by atomic mass is 19.2. The van der Waals surface area contributed by atoms with Crippen LogP contribution in [0.2, 0.25) is 0 Å². The van der Waals surface area contributed by atoms with Crippen LogP contribution < -0.4 is 0 Å². The normalized spacial score (nSPS) is 15.1. The molecule has 0 unspecified atom stereocenters. The first-order valence-electron chi connectivity index (χ1n) is 6.56. The number of benzene rings is 1. The molecule has 1 heterocycles. The topological polar surface area (TPSA) is 12.9 Å². The summed E-state index contributed by atoms with van der Waals surface area (Å²) in [4.78, 5) is 4.27. The first-order chi connectivity index (χ1) is 9.39. The third-order valence-corrected chi connectivity index (χ3v) is 4.07. The number of aromatic nitrogens is 1. The first-order valence-corrected chi connectivity index (χ1v) is 6.56. The Morgan fingerprint density at radius 2 is 1.75 bits per heavy atom. The molecule has 0 amide bonds. The lowest BCUT2D eigenvalue weighted by atomic mass is 9.81. The van der Waals surface area contributed by atoms with Crippen molar-refractivity contribution in [3.63, 3.8) is 0 Å². The van der Waals surface area contributed by atoms with Crippen LogP contribution in [0, 0.1) is 17.5 Å². The Morgan fingerprint density at radius 3 is 2.40 bits per heavy atom. The summed E-state index contributed by atoms with van der Waals surface area (Å²) in [6, 6.07) is 2.53. The maximum Gasteiger partial charge on any atom is 0.163 e. The fraction of sp³-hybridized carbons (Fsp3) is 0.312. The van der Waals surface area contributed by atoms with E-state index in [1.54, 1.807) is 13.8 Å². The zero-order chi connectivity index (χ0) is 14.7. The average Bonchev–Trinajstić information content (AvgIpc) is 2.63. The molecule has 0 fully saturated rings. The van der Waals surface area contributed by atoms with E-state index in [2.05, 4.69) is 4.98 Å². The van der Waals surface area contributed by atoms with Crippen LogP contribution in [0.15, 0.2) is 18.3 Å². The molecule has 0 spiro atoms. The van der Waals surface area contributed by atoms with E-state index in [9.17, 15) is 13.2 Å². The smallest absolute Gasteiger partial charge is 0.163 e. The molecule has 1 aromatic carbocycles. The Labute approximate surface area is 115 Å². The van der Waals surface area contributed by atoms with Gasteiger partial charge in [-0.05, 0) is 18.6 Å². The molecule has 1 aromatic heterocycles. The molecular formula is C16H14F3N. The highest BCUT2D eigenvalue weighted by molar-refractivity contribution is 5.78. The number of hydrogen-bond donors (Lipinski definition) is 0. The summed E-state index contributed by atoms with van der Waals surface area (Å²) in [5.41, 5.74) is 0.997. The van der Waals surface area contributed by atoms with Gasteiger partial charge in [-0.15, -0.1) is 0 Å². The largest absolute Gasteiger partial charge is 0.255 e. The summed E-state index contributed by atoms with van der Waals surface area (Å²) < 4.78 is 42.3. The highest BCUT2D eigenvalue weighted by Gasteiger charge is 2.42. The Balaban J connectivity index is 2.41. The molecule has 1 aliphatic rings. The van der Waals surface area contributed by atoms with E-state index in [1.807, 2.05) is 6.92 Å². The fourth-order valence-electron chi connectivity index (χ4n) is 3.03. The van der Waals surface area contributed by atoms with Gasteiger partial charge in [0.2, 0.25) is 0 Å². The lowest BCUT2D eigenvalue weighted by molar-refractivity contribution is 0.472. The standard InChI is InChI=1S/C16H14F3N/c1-4-8-7-20-15-9-5-6-10(17)14(19)11(9)16(2,3)12(15)13(8)18/h5-7H,4H2,1-3H3. The van der Waals surface area contributed by atoms with Crippen LogP contribution in [-0.4, -0.2) is 4.98 Å². The van der Waals surface area contributed by atoms with Gasteiger partial charge in [0.05, 0.1) is 5.69 Å². The van der Waals surface area contributed by atoms with E-state index in [0.29, 0.717) is 28.8 Å². The van der Waals surface area contributed by atoms with Crippen LogP contribution in [0.1, 0.15) is 37.5 Å². The molecule has 104 valence electrons. The van der Waals surface area contributed by atoms with Crippen molar-refractivity contribution in [3.05, 3.63) is 52.5 Å². The van der Waals surface area contributed by atoms with Gasteiger partial charge in [0, 0.05) is 33.9 Å². The van der Waals surface area contributed by atoms with E-state index >= 15 is 0 Å². The highest BCUT2D eigenvalue weighted by Crippen LogP contribution is 2.50. The van der Waals surface area contributed by atoms with Crippen molar-refractivity contribution >= 4 is 0 Å². The number of fused-ring (bicyclic) bond motifs is 3. The van der Waals surface area contributed by atoms with Crippen molar-refractivity contribution < 1.29 is 13.2 Å². The third kappa shape index (κ3) is 1.48. The maximum atomic E-state index is 14.6. The fourth-order valence-corrected chi connectivity index (χ4v) is 3.03. The first kappa shape index (κ1) is 13.2. The molecule has 0 aliphatic heterocycles. The summed E-state index contributed by atoms with van der Waals surface area (Å²) in [5.74, 6) is -2.19. The minimum atomic E-state index is -0.931. The summed E-state index contributed by atoms with van der Waals surface area (Å²) in [6.45, 7) is 5.23. The molecule has 0 bridgehead atoms. The van der Waals surface area contributed by atoms with Crippen LogP contribution in [-0.2, 0) is 11.8 Å². The number of pyridine rings is 1. The summed E-state index contributed by atoms with van der Waals surface area (Å²) in [5, 5.41) is 0. The molecule has 1 nitrogen and oxygen atoms in total. The molecule has 20 heavy (non-hydrogen) atoms. The van der Waals surface area contributed by atoms with Gasteiger partial charge < -0.3 is 0 Å². The minimum Gasteiger partial charge on any atom is -0.255 e. The zero-order valence-electron chi connectivity index (χ0n) is 11.5.